The SMILES string of the molecule is CCn1c(=O)/c(=C\Nc2cccc(NC(=O)COCCOC)c2)s/c1=C(/C#N)C(=O)O/N=C(\C)N. The number of hydrogen-bond acceptors (Lipinski definition) is 10. The number of benzene rings is 1. The van der Waals surface area contributed by atoms with Gasteiger partial charge in [-0.15, -0.1) is 11.3 Å². The van der Waals surface area contributed by atoms with Crippen molar-refractivity contribution in [2.75, 3.05) is 37.6 Å². The van der Waals surface area contributed by atoms with Gasteiger partial charge >= 0.3 is 5.97 Å². The Morgan fingerprint density at radius 3 is 2.71 bits per heavy atom. The van der Waals surface area contributed by atoms with Gasteiger partial charge in [0.2, 0.25) is 5.91 Å². The second kappa shape index (κ2) is 13.7. The number of carbonyl (C=O) groups is 2. The third-order valence-electron chi connectivity index (χ3n) is 4.21. The van der Waals surface area contributed by atoms with Crippen LogP contribution in [-0.2, 0) is 30.4 Å². The van der Waals surface area contributed by atoms with Crippen molar-refractivity contribution < 1.29 is 23.9 Å². The van der Waals surface area contributed by atoms with Gasteiger partial charge in [0.05, 0.1) is 13.2 Å². The molecule has 0 spiro atoms. The lowest BCUT2D eigenvalue weighted by atomic mass is 10.2. The number of nitriles is 1. The van der Waals surface area contributed by atoms with Gasteiger partial charge in [-0.3, -0.25) is 14.2 Å². The van der Waals surface area contributed by atoms with Gasteiger partial charge in [-0.05, 0) is 32.0 Å². The van der Waals surface area contributed by atoms with Gasteiger partial charge in [0.25, 0.3) is 5.56 Å². The molecule has 186 valence electrons. The number of aromatic nitrogens is 1. The summed E-state index contributed by atoms with van der Waals surface area (Å²) in [6.07, 6.45) is 1.46. The summed E-state index contributed by atoms with van der Waals surface area (Å²) in [6.45, 7) is 3.94. The van der Waals surface area contributed by atoms with Crippen LogP contribution < -0.4 is 31.1 Å². The molecule has 0 bridgehead atoms. The van der Waals surface area contributed by atoms with Crippen molar-refractivity contribution in [2.45, 2.75) is 20.4 Å². The topological polar surface area (TPSA) is 170 Å². The van der Waals surface area contributed by atoms with Gasteiger partial charge < -0.3 is 30.7 Å². The van der Waals surface area contributed by atoms with Crippen molar-refractivity contribution in [3.63, 3.8) is 0 Å². The van der Waals surface area contributed by atoms with Crippen LogP contribution >= 0.6 is 11.3 Å². The lowest BCUT2D eigenvalue weighted by molar-refractivity contribution is -0.136. The van der Waals surface area contributed by atoms with E-state index in [0.717, 1.165) is 11.3 Å². The molecule has 0 saturated heterocycles. The van der Waals surface area contributed by atoms with Gasteiger partial charge in [0.1, 0.15) is 27.7 Å². The summed E-state index contributed by atoms with van der Waals surface area (Å²) in [5.74, 6) is -1.34. The second-order valence-electron chi connectivity index (χ2n) is 6.88. The Morgan fingerprint density at radius 2 is 2.06 bits per heavy atom. The first-order valence-corrected chi connectivity index (χ1v) is 11.2. The minimum absolute atomic E-state index is 0.00460. The molecule has 0 unspecified atom stereocenters. The monoisotopic (exact) mass is 502 g/mol. The zero-order valence-corrected chi connectivity index (χ0v) is 20.3. The molecule has 0 atom stereocenters. The Morgan fingerprint density at radius 1 is 1.31 bits per heavy atom. The lowest BCUT2D eigenvalue weighted by Crippen LogP contribution is -2.32. The summed E-state index contributed by atoms with van der Waals surface area (Å²) in [5.41, 5.74) is 5.72. The summed E-state index contributed by atoms with van der Waals surface area (Å²) in [6, 6.07) is 8.61. The van der Waals surface area contributed by atoms with E-state index in [1.807, 2.05) is 0 Å². The fraction of sp³-hybridized carbons (Fsp3) is 0.318. The van der Waals surface area contributed by atoms with Crippen LogP contribution in [0.25, 0.3) is 11.8 Å². The average Bonchev–Trinajstić information content (AvgIpc) is 3.14. The van der Waals surface area contributed by atoms with Gasteiger partial charge in [0, 0.05) is 31.2 Å². The zero-order valence-electron chi connectivity index (χ0n) is 19.5. The molecule has 35 heavy (non-hydrogen) atoms. The highest BCUT2D eigenvalue weighted by molar-refractivity contribution is 7.07. The number of amidine groups is 1. The first-order valence-electron chi connectivity index (χ1n) is 10.4. The number of ether oxygens (including phenoxy) is 2. The van der Waals surface area contributed by atoms with Crippen LogP contribution in [0.1, 0.15) is 13.8 Å². The van der Waals surface area contributed by atoms with Crippen LogP contribution in [-0.4, -0.2) is 49.2 Å². The molecule has 0 radical (unpaired) electrons. The van der Waals surface area contributed by atoms with Gasteiger partial charge in [-0.1, -0.05) is 11.2 Å². The molecule has 13 heteroatoms. The smallest absolute Gasteiger partial charge is 0.379 e. The number of amides is 1. The van der Waals surface area contributed by atoms with Crippen molar-refractivity contribution in [3.8, 4) is 6.07 Å². The number of anilines is 2. The summed E-state index contributed by atoms with van der Waals surface area (Å²) in [4.78, 5) is 41.7. The Kier molecular flexibility index (Phi) is 10.6. The molecule has 1 heterocycles. The largest absolute Gasteiger partial charge is 0.385 e. The maximum atomic E-state index is 12.8. The second-order valence-corrected chi connectivity index (χ2v) is 7.91. The number of nitrogens with one attached hydrogen (secondary N) is 2. The normalized spacial score (nSPS) is 12.6. The van der Waals surface area contributed by atoms with Gasteiger partial charge in [-0.2, -0.15) is 5.26 Å². The Balaban J connectivity index is 2.28. The van der Waals surface area contributed by atoms with E-state index < -0.39 is 11.5 Å². The molecule has 0 aliphatic carbocycles. The van der Waals surface area contributed by atoms with E-state index in [0.29, 0.717) is 24.6 Å². The van der Waals surface area contributed by atoms with E-state index in [4.69, 9.17) is 15.2 Å². The quantitative estimate of drug-likeness (QED) is 0.125. The molecule has 2 rings (SSSR count). The molecule has 0 aliphatic rings. The highest BCUT2D eigenvalue weighted by atomic mass is 32.1. The zero-order chi connectivity index (χ0) is 25.8. The standard InChI is InChI=1S/C22H26N6O6S/c1-4-28-20(30)18(35-21(28)17(11-23)22(31)34-27-14(2)24)12-25-15-6-5-7-16(10-15)26-19(29)13-33-9-8-32-3/h5-7,10,12,25H,4,8-9,13H2,1-3H3,(H2,24,27)(H,26,29)/b18-12+,21-17-. The summed E-state index contributed by atoms with van der Waals surface area (Å²) in [7, 11) is 1.54. The predicted molar refractivity (Wildman–Crippen MR) is 132 cm³/mol. The minimum Gasteiger partial charge on any atom is -0.385 e. The molecule has 1 amide bonds. The molecule has 1 aromatic heterocycles. The first kappa shape index (κ1) is 27.3. The van der Waals surface area contributed by atoms with Crippen LogP contribution in [0.5, 0.6) is 0 Å². The lowest BCUT2D eigenvalue weighted by Gasteiger charge is -2.08. The van der Waals surface area contributed by atoms with Crippen LogP contribution in [0.15, 0.2) is 34.2 Å². The predicted octanol–water partition coefficient (Wildman–Crippen LogP) is -0.109. The molecule has 0 saturated carbocycles. The van der Waals surface area contributed by atoms with Crippen molar-refractivity contribution >= 4 is 52.2 Å². The van der Waals surface area contributed by atoms with Crippen LogP contribution in [0.2, 0.25) is 0 Å². The molecular formula is C22H26N6O6S. The maximum absolute atomic E-state index is 12.8. The Bertz CT molecular complexity index is 1300. The highest BCUT2D eigenvalue weighted by Crippen LogP contribution is 2.15. The number of nitrogens with two attached hydrogens (primary N) is 1. The highest BCUT2D eigenvalue weighted by Gasteiger charge is 2.17. The summed E-state index contributed by atoms with van der Waals surface area (Å²) in [5, 5.41) is 18.5. The third-order valence-corrected chi connectivity index (χ3v) is 5.34. The summed E-state index contributed by atoms with van der Waals surface area (Å²) < 4.78 is 11.7. The number of methoxy groups -OCH3 is 1. The van der Waals surface area contributed by atoms with Crippen LogP contribution in [0.3, 0.4) is 0 Å². The van der Waals surface area contributed by atoms with Crippen molar-refractivity contribution in [1.29, 1.82) is 5.26 Å². The van der Waals surface area contributed by atoms with Crippen molar-refractivity contribution in [2.24, 2.45) is 10.9 Å². The molecule has 2 aromatic rings. The molecule has 0 aliphatic heterocycles. The molecule has 1 aromatic carbocycles. The average molecular weight is 503 g/mol. The number of thiazole rings is 1. The van der Waals surface area contributed by atoms with E-state index in [9.17, 15) is 19.6 Å². The number of rotatable bonds is 11. The molecular weight excluding hydrogens is 476 g/mol. The molecule has 4 N–H and O–H groups in total. The Hall–Kier alpha value is -3.99. The van der Waals surface area contributed by atoms with Gasteiger partial charge in [0.15, 0.2) is 5.57 Å². The number of carbonyl (C=O) groups excluding carboxylic acids is 2. The van der Waals surface area contributed by atoms with Crippen molar-refractivity contribution in [3.05, 3.63) is 43.8 Å². The fourth-order valence-electron chi connectivity index (χ4n) is 2.67. The van der Waals surface area contributed by atoms with E-state index in [-0.39, 0.29) is 39.7 Å². The number of oxime groups is 1. The first-order chi connectivity index (χ1) is 16.8. The fourth-order valence-corrected chi connectivity index (χ4v) is 3.75. The third kappa shape index (κ3) is 8.07. The molecule has 12 nitrogen and oxygen atoms in total. The number of nitrogens with zero attached hydrogens (tertiary/aromatic N) is 3. The van der Waals surface area contributed by atoms with E-state index in [1.165, 1.54) is 17.7 Å². The Labute approximate surface area is 204 Å². The van der Waals surface area contributed by atoms with Gasteiger partial charge in [-0.25, -0.2) is 4.79 Å². The van der Waals surface area contributed by atoms with E-state index in [2.05, 4.69) is 20.6 Å². The minimum atomic E-state index is -1.02. The van der Waals surface area contributed by atoms with E-state index in [1.54, 1.807) is 44.4 Å². The van der Waals surface area contributed by atoms with Crippen molar-refractivity contribution in [1.82, 2.24) is 4.57 Å². The van der Waals surface area contributed by atoms with E-state index >= 15 is 0 Å². The van der Waals surface area contributed by atoms with Crippen LogP contribution in [0.4, 0.5) is 11.4 Å². The maximum Gasteiger partial charge on any atom is 0.379 e. The molecule has 0 fully saturated rings. The summed E-state index contributed by atoms with van der Waals surface area (Å²) >= 11 is 0.949. The number of hydrogen-bond donors (Lipinski definition) is 3. The van der Waals surface area contributed by atoms with Crippen LogP contribution in [0, 0.1) is 11.3 Å².